The topological polar surface area (TPSA) is 60.4 Å². The Labute approximate surface area is 124 Å². The molecule has 0 unspecified atom stereocenters. The minimum absolute atomic E-state index is 0.131. The highest BCUT2D eigenvalue weighted by molar-refractivity contribution is 7.90. The number of benzene rings is 2. The summed E-state index contributed by atoms with van der Waals surface area (Å²) in [4.78, 5) is 12.4. The van der Waals surface area contributed by atoms with E-state index in [1.165, 1.54) is 12.1 Å². The lowest BCUT2D eigenvalue weighted by atomic mass is 10.0. The Morgan fingerprint density at radius 3 is 2.48 bits per heavy atom. The number of ketones is 1. The predicted octanol–water partition coefficient (Wildman–Crippen LogP) is 2.52. The number of Topliss-reactive ketones (excluding diaryl/α,β-unsaturated/α-hetero) is 1. The van der Waals surface area contributed by atoms with Gasteiger partial charge in [-0.15, -0.1) is 0 Å². The van der Waals surface area contributed by atoms with Gasteiger partial charge in [0.25, 0.3) is 0 Å². The SMILES string of the molecule is COc1cccc(CC(=O)c2cccc(S(C)(=O)=O)c2)c1. The lowest BCUT2D eigenvalue weighted by Gasteiger charge is -2.05. The first-order chi connectivity index (χ1) is 9.90. The first-order valence-electron chi connectivity index (χ1n) is 6.36. The van der Waals surface area contributed by atoms with Crippen molar-refractivity contribution in [2.24, 2.45) is 0 Å². The molecule has 0 spiro atoms. The molecule has 2 aromatic rings. The summed E-state index contributed by atoms with van der Waals surface area (Å²) in [6.07, 6.45) is 1.32. The van der Waals surface area contributed by atoms with Crippen molar-refractivity contribution in [1.82, 2.24) is 0 Å². The van der Waals surface area contributed by atoms with Crippen LogP contribution in [0.3, 0.4) is 0 Å². The summed E-state index contributed by atoms with van der Waals surface area (Å²) in [5, 5.41) is 0. The second kappa shape index (κ2) is 6.10. The van der Waals surface area contributed by atoms with E-state index in [2.05, 4.69) is 0 Å². The number of ether oxygens (including phenoxy) is 1. The third-order valence-electron chi connectivity index (χ3n) is 3.08. The van der Waals surface area contributed by atoms with Crippen LogP contribution in [0.2, 0.25) is 0 Å². The fourth-order valence-electron chi connectivity index (χ4n) is 1.97. The van der Waals surface area contributed by atoms with Gasteiger partial charge in [-0.05, 0) is 29.8 Å². The highest BCUT2D eigenvalue weighted by Crippen LogP contribution is 2.16. The number of methoxy groups -OCH3 is 1. The zero-order valence-electron chi connectivity index (χ0n) is 11.9. The molecule has 0 aliphatic heterocycles. The van der Waals surface area contributed by atoms with Crippen LogP contribution in [-0.2, 0) is 16.3 Å². The molecule has 0 aromatic heterocycles. The van der Waals surface area contributed by atoms with E-state index in [-0.39, 0.29) is 17.1 Å². The zero-order chi connectivity index (χ0) is 15.5. The molecule has 0 saturated heterocycles. The maximum absolute atomic E-state index is 12.3. The standard InChI is InChI=1S/C16H16O4S/c1-20-14-7-3-5-12(9-14)10-16(17)13-6-4-8-15(11-13)21(2,18)19/h3-9,11H,10H2,1-2H3. The molecule has 0 bridgehead atoms. The van der Waals surface area contributed by atoms with E-state index in [4.69, 9.17) is 4.74 Å². The van der Waals surface area contributed by atoms with Crippen molar-refractivity contribution < 1.29 is 17.9 Å². The van der Waals surface area contributed by atoms with Gasteiger partial charge in [-0.1, -0.05) is 24.3 Å². The van der Waals surface area contributed by atoms with Gasteiger partial charge in [-0.3, -0.25) is 4.79 Å². The van der Waals surface area contributed by atoms with Crippen LogP contribution in [0.25, 0.3) is 0 Å². The van der Waals surface area contributed by atoms with Gasteiger partial charge >= 0.3 is 0 Å². The summed E-state index contributed by atoms with van der Waals surface area (Å²) < 4.78 is 28.2. The first kappa shape index (κ1) is 15.3. The second-order valence-corrected chi connectivity index (χ2v) is 6.77. The molecule has 5 heteroatoms. The Kier molecular flexibility index (Phi) is 4.43. The first-order valence-corrected chi connectivity index (χ1v) is 8.25. The molecule has 0 aliphatic carbocycles. The van der Waals surface area contributed by atoms with Crippen molar-refractivity contribution in [3.05, 3.63) is 59.7 Å². The molecule has 0 saturated carbocycles. The molecule has 0 aliphatic rings. The summed E-state index contributed by atoms with van der Waals surface area (Å²) in [7, 11) is -1.75. The fourth-order valence-corrected chi connectivity index (χ4v) is 2.64. The highest BCUT2D eigenvalue weighted by Gasteiger charge is 2.12. The monoisotopic (exact) mass is 304 g/mol. The van der Waals surface area contributed by atoms with Crippen LogP contribution in [0.1, 0.15) is 15.9 Å². The highest BCUT2D eigenvalue weighted by atomic mass is 32.2. The summed E-state index contributed by atoms with van der Waals surface area (Å²) in [6, 6.07) is 13.3. The molecule has 0 atom stereocenters. The van der Waals surface area contributed by atoms with E-state index in [0.29, 0.717) is 11.3 Å². The Hall–Kier alpha value is -2.14. The maximum atomic E-state index is 12.3. The van der Waals surface area contributed by atoms with Crippen molar-refractivity contribution in [3.63, 3.8) is 0 Å². The van der Waals surface area contributed by atoms with Gasteiger partial charge in [0.15, 0.2) is 15.6 Å². The summed E-state index contributed by atoms with van der Waals surface area (Å²) in [5.41, 5.74) is 1.21. The fraction of sp³-hybridized carbons (Fsp3) is 0.188. The molecule has 4 nitrogen and oxygen atoms in total. The van der Waals surface area contributed by atoms with Crippen LogP contribution in [0.5, 0.6) is 5.75 Å². The van der Waals surface area contributed by atoms with E-state index >= 15 is 0 Å². The molecule has 2 aromatic carbocycles. The van der Waals surface area contributed by atoms with E-state index in [0.717, 1.165) is 11.8 Å². The number of hydrogen-bond acceptors (Lipinski definition) is 4. The van der Waals surface area contributed by atoms with Crippen molar-refractivity contribution in [2.45, 2.75) is 11.3 Å². The van der Waals surface area contributed by atoms with Gasteiger partial charge in [-0.2, -0.15) is 0 Å². The lowest BCUT2D eigenvalue weighted by Crippen LogP contribution is -2.06. The lowest BCUT2D eigenvalue weighted by molar-refractivity contribution is 0.0992. The largest absolute Gasteiger partial charge is 0.497 e. The molecule has 110 valence electrons. The second-order valence-electron chi connectivity index (χ2n) is 4.75. The van der Waals surface area contributed by atoms with Gasteiger partial charge in [-0.25, -0.2) is 8.42 Å². The average Bonchev–Trinajstić information content (AvgIpc) is 2.46. The van der Waals surface area contributed by atoms with Crippen molar-refractivity contribution in [3.8, 4) is 5.75 Å². The van der Waals surface area contributed by atoms with Crippen LogP contribution >= 0.6 is 0 Å². The van der Waals surface area contributed by atoms with Crippen LogP contribution in [0.4, 0.5) is 0 Å². The van der Waals surface area contributed by atoms with Crippen molar-refractivity contribution in [1.29, 1.82) is 0 Å². The smallest absolute Gasteiger partial charge is 0.175 e. The molecular weight excluding hydrogens is 288 g/mol. The summed E-state index contributed by atoms with van der Waals surface area (Å²) >= 11 is 0. The Morgan fingerprint density at radius 1 is 1.10 bits per heavy atom. The molecule has 0 N–H and O–H groups in total. The quantitative estimate of drug-likeness (QED) is 0.796. The summed E-state index contributed by atoms with van der Waals surface area (Å²) in [5.74, 6) is 0.555. The van der Waals surface area contributed by atoms with Gasteiger partial charge in [0.2, 0.25) is 0 Å². The van der Waals surface area contributed by atoms with Gasteiger partial charge in [0.05, 0.1) is 12.0 Å². The number of hydrogen-bond donors (Lipinski definition) is 0. The molecule has 0 fully saturated rings. The number of sulfone groups is 1. The van der Waals surface area contributed by atoms with E-state index in [1.54, 1.807) is 31.4 Å². The van der Waals surface area contributed by atoms with Crippen LogP contribution in [0, 0.1) is 0 Å². The molecule has 21 heavy (non-hydrogen) atoms. The minimum Gasteiger partial charge on any atom is -0.497 e. The van der Waals surface area contributed by atoms with Crippen LogP contribution in [-0.4, -0.2) is 27.6 Å². The Bertz CT molecular complexity index is 763. The molecule has 0 heterocycles. The van der Waals surface area contributed by atoms with Gasteiger partial charge in [0, 0.05) is 18.2 Å². The molecule has 0 radical (unpaired) electrons. The minimum atomic E-state index is -3.31. The Balaban J connectivity index is 2.24. The van der Waals surface area contributed by atoms with Crippen LogP contribution < -0.4 is 4.74 Å². The summed E-state index contributed by atoms with van der Waals surface area (Å²) in [6.45, 7) is 0. The molecule has 0 amide bonds. The van der Waals surface area contributed by atoms with Crippen LogP contribution in [0.15, 0.2) is 53.4 Å². The number of rotatable bonds is 5. The molecule has 2 rings (SSSR count). The van der Waals surface area contributed by atoms with E-state index in [9.17, 15) is 13.2 Å². The normalized spacial score (nSPS) is 11.1. The van der Waals surface area contributed by atoms with Crippen molar-refractivity contribution in [2.75, 3.05) is 13.4 Å². The van der Waals surface area contributed by atoms with E-state index < -0.39 is 9.84 Å². The third-order valence-corrected chi connectivity index (χ3v) is 4.19. The average molecular weight is 304 g/mol. The molecular formula is C16H16O4S. The number of carbonyl (C=O) groups is 1. The van der Waals surface area contributed by atoms with E-state index in [1.807, 2.05) is 12.1 Å². The maximum Gasteiger partial charge on any atom is 0.175 e. The van der Waals surface area contributed by atoms with Gasteiger partial charge in [0.1, 0.15) is 5.75 Å². The van der Waals surface area contributed by atoms with Crippen molar-refractivity contribution >= 4 is 15.6 Å². The van der Waals surface area contributed by atoms with Gasteiger partial charge < -0.3 is 4.74 Å². The zero-order valence-corrected chi connectivity index (χ0v) is 12.7. The third kappa shape index (κ3) is 3.92. The Morgan fingerprint density at radius 2 is 1.81 bits per heavy atom. The number of carbonyl (C=O) groups excluding carboxylic acids is 1. The predicted molar refractivity (Wildman–Crippen MR) is 80.6 cm³/mol.